The summed E-state index contributed by atoms with van der Waals surface area (Å²) in [7, 11) is 0. The molecule has 3 rings (SSSR count). The zero-order valence-corrected chi connectivity index (χ0v) is 10.2. The highest BCUT2D eigenvalue weighted by Crippen LogP contribution is 2.28. The second kappa shape index (κ2) is 4.97. The van der Waals surface area contributed by atoms with Crippen molar-refractivity contribution in [1.82, 2.24) is 10.1 Å². The van der Waals surface area contributed by atoms with Gasteiger partial charge < -0.3 is 14.7 Å². The predicted octanol–water partition coefficient (Wildman–Crippen LogP) is 2.70. The van der Waals surface area contributed by atoms with E-state index in [9.17, 15) is 0 Å². The van der Waals surface area contributed by atoms with Crippen molar-refractivity contribution in [2.75, 3.05) is 5.73 Å². The fourth-order valence-corrected chi connectivity index (χ4v) is 1.99. The molecule has 0 amide bonds. The highest BCUT2D eigenvalue weighted by atomic mass is 16.5. The Kier molecular flexibility index (Phi) is 3.02. The minimum atomic E-state index is 0.369. The first-order valence-electron chi connectivity index (χ1n) is 6.02. The van der Waals surface area contributed by atoms with E-state index < -0.39 is 0 Å². The standard InChI is InChI=1S/C14H13N3O2/c15-14-13(11-5-1-2-8-16-11)12(19-17-14)7-6-10-4-3-9-18-10/h1-5,8-9H,6-7H2,(H2,15,17). The Labute approximate surface area is 110 Å². The van der Waals surface area contributed by atoms with Crippen LogP contribution in [-0.4, -0.2) is 10.1 Å². The van der Waals surface area contributed by atoms with E-state index in [4.69, 9.17) is 14.7 Å². The minimum Gasteiger partial charge on any atom is -0.469 e. The van der Waals surface area contributed by atoms with E-state index in [1.165, 1.54) is 0 Å². The molecular weight excluding hydrogens is 242 g/mol. The third kappa shape index (κ3) is 2.35. The van der Waals surface area contributed by atoms with E-state index in [2.05, 4.69) is 10.1 Å². The van der Waals surface area contributed by atoms with Gasteiger partial charge in [-0.15, -0.1) is 0 Å². The number of aryl methyl sites for hydroxylation is 2. The smallest absolute Gasteiger partial charge is 0.176 e. The Bertz CT molecular complexity index is 645. The molecule has 0 bridgehead atoms. The van der Waals surface area contributed by atoms with Crippen molar-refractivity contribution in [2.45, 2.75) is 12.8 Å². The zero-order chi connectivity index (χ0) is 13.1. The first-order valence-corrected chi connectivity index (χ1v) is 6.02. The van der Waals surface area contributed by atoms with Gasteiger partial charge in [-0.1, -0.05) is 11.2 Å². The average Bonchev–Trinajstić information content (AvgIpc) is 3.07. The van der Waals surface area contributed by atoms with Crippen LogP contribution in [0.2, 0.25) is 0 Å². The molecule has 0 aliphatic rings. The van der Waals surface area contributed by atoms with Crippen LogP contribution in [0.15, 0.2) is 51.7 Å². The molecule has 0 fully saturated rings. The van der Waals surface area contributed by atoms with Crippen molar-refractivity contribution >= 4 is 5.82 Å². The van der Waals surface area contributed by atoms with E-state index in [1.54, 1.807) is 12.5 Å². The van der Waals surface area contributed by atoms with Crippen LogP contribution in [0.3, 0.4) is 0 Å². The van der Waals surface area contributed by atoms with Gasteiger partial charge in [0.15, 0.2) is 5.82 Å². The third-order valence-electron chi connectivity index (χ3n) is 2.89. The summed E-state index contributed by atoms with van der Waals surface area (Å²) in [4.78, 5) is 4.28. The maximum atomic E-state index is 5.85. The van der Waals surface area contributed by atoms with Crippen LogP contribution in [0, 0.1) is 0 Å². The van der Waals surface area contributed by atoms with Crippen molar-refractivity contribution in [1.29, 1.82) is 0 Å². The van der Waals surface area contributed by atoms with E-state index in [-0.39, 0.29) is 0 Å². The molecule has 96 valence electrons. The molecule has 0 saturated carbocycles. The molecule has 3 aromatic heterocycles. The monoisotopic (exact) mass is 255 g/mol. The molecular formula is C14H13N3O2. The van der Waals surface area contributed by atoms with Gasteiger partial charge in [0, 0.05) is 19.0 Å². The molecule has 3 aromatic rings. The number of hydrogen-bond donors (Lipinski definition) is 1. The number of furan rings is 1. The van der Waals surface area contributed by atoms with Gasteiger partial charge in [-0.25, -0.2) is 0 Å². The topological polar surface area (TPSA) is 78.1 Å². The van der Waals surface area contributed by atoms with Gasteiger partial charge in [0.05, 0.1) is 17.5 Å². The second-order valence-corrected chi connectivity index (χ2v) is 4.16. The Morgan fingerprint density at radius 1 is 1.11 bits per heavy atom. The molecule has 3 heterocycles. The number of pyridine rings is 1. The van der Waals surface area contributed by atoms with Gasteiger partial charge in [0.1, 0.15) is 11.5 Å². The van der Waals surface area contributed by atoms with Crippen LogP contribution < -0.4 is 5.73 Å². The van der Waals surface area contributed by atoms with Crippen LogP contribution in [0.5, 0.6) is 0 Å². The summed E-state index contributed by atoms with van der Waals surface area (Å²) in [6.45, 7) is 0. The largest absolute Gasteiger partial charge is 0.469 e. The molecule has 0 aliphatic heterocycles. The Hall–Kier alpha value is -2.56. The summed E-state index contributed by atoms with van der Waals surface area (Å²) >= 11 is 0. The van der Waals surface area contributed by atoms with E-state index in [0.717, 1.165) is 29.2 Å². The van der Waals surface area contributed by atoms with Crippen LogP contribution in [0.25, 0.3) is 11.3 Å². The van der Waals surface area contributed by atoms with Crippen molar-refractivity contribution in [3.63, 3.8) is 0 Å². The normalized spacial score (nSPS) is 10.7. The highest BCUT2D eigenvalue weighted by molar-refractivity contribution is 5.72. The fraction of sp³-hybridized carbons (Fsp3) is 0.143. The lowest BCUT2D eigenvalue weighted by Gasteiger charge is -2.00. The SMILES string of the molecule is Nc1noc(CCc2ccco2)c1-c1ccccn1. The van der Waals surface area contributed by atoms with E-state index >= 15 is 0 Å². The quantitative estimate of drug-likeness (QED) is 0.775. The molecule has 0 aromatic carbocycles. The molecule has 0 aliphatic carbocycles. The Morgan fingerprint density at radius 2 is 2.05 bits per heavy atom. The number of nitrogen functional groups attached to an aromatic ring is 1. The molecule has 5 nitrogen and oxygen atoms in total. The van der Waals surface area contributed by atoms with Crippen LogP contribution >= 0.6 is 0 Å². The lowest BCUT2D eigenvalue weighted by atomic mass is 10.1. The second-order valence-electron chi connectivity index (χ2n) is 4.16. The molecule has 2 N–H and O–H groups in total. The summed E-state index contributed by atoms with van der Waals surface area (Å²) in [6.07, 6.45) is 4.78. The molecule has 5 heteroatoms. The van der Waals surface area contributed by atoms with Gasteiger partial charge >= 0.3 is 0 Å². The third-order valence-corrected chi connectivity index (χ3v) is 2.89. The maximum Gasteiger partial charge on any atom is 0.176 e. The van der Waals surface area contributed by atoms with Crippen molar-refractivity contribution < 1.29 is 8.94 Å². The zero-order valence-electron chi connectivity index (χ0n) is 10.2. The van der Waals surface area contributed by atoms with Gasteiger partial charge in [-0.3, -0.25) is 4.98 Å². The fourth-order valence-electron chi connectivity index (χ4n) is 1.99. The Morgan fingerprint density at radius 3 is 2.79 bits per heavy atom. The van der Waals surface area contributed by atoms with Gasteiger partial charge in [0.25, 0.3) is 0 Å². The van der Waals surface area contributed by atoms with Crippen LogP contribution in [0.1, 0.15) is 11.5 Å². The summed E-state index contributed by atoms with van der Waals surface area (Å²) in [6, 6.07) is 9.45. The summed E-state index contributed by atoms with van der Waals surface area (Å²) in [5, 5.41) is 3.83. The molecule has 0 spiro atoms. The lowest BCUT2D eigenvalue weighted by Crippen LogP contribution is -1.94. The Balaban J connectivity index is 1.87. The number of rotatable bonds is 4. The first-order chi connectivity index (χ1) is 9.34. The van der Waals surface area contributed by atoms with Gasteiger partial charge in [-0.05, 0) is 24.3 Å². The first kappa shape index (κ1) is 11.5. The van der Waals surface area contributed by atoms with Crippen molar-refractivity contribution in [2.24, 2.45) is 0 Å². The highest BCUT2D eigenvalue weighted by Gasteiger charge is 2.16. The average molecular weight is 255 g/mol. The minimum absolute atomic E-state index is 0.369. The van der Waals surface area contributed by atoms with Crippen LogP contribution in [0.4, 0.5) is 5.82 Å². The van der Waals surface area contributed by atoms with Crippen molar-refractivity contribution in [3.05, 3.63) is 54.3 Å². The predicted molar refractivity (Wildman–Crippen MR) is 70.3 cm³/mol. The van der Waals surface area contributed by atoms with E-state index in [1.807, 2.05) is 30.3 Å². The summed E-state index contributed by atoms with van der Waals surface area (Å²) in [5.74, 6) is 2.00. The summed E-state index contributed by atoms with van der Waals surface area (Å²) < 4.78 is 10.6. The number of nitrogens with zero attached hydrogens (tertiary/aromatic N) is 2. The number of aromatic nitrogens is 2. The number of anilines is 1. The number of nitrogens with two attached hydrogens (primary N) is 1. The molecule has 0 unspecified atom stereocenters. The van der Waals surface area contributed by atoms with Crippen LogP contribution in [-0.2, 0) is 12.8 Å². The molecule has 0 radical (unpaired) electrons. The molecule has 19 heavy (non-hydrogen) atoms. The van der Waals surface area contributed by atoms with Gasteiger partial charge in [0.2, 0.25) is 0 Å². The number of hydrogen-bond acceptors (Lipinski definition) is 5. The lowest BCUT2D eigenvalue weighted by molar-refractivity contribution is 0.382. The van der Waals surface area contributed by atoms with Crippen molar-refractivity contribution in [3.8, 4) is 11.3 Å². The molecule has 0 atom stereocenters. The summed E-state index contributed by atoms with van der Waals surface area (Å²) in [5.41, 5.74) is 7.40. The van der Waals surface area contributed by atoms with E-state index in [0.29, 0.717) is 12.2 Å². The molecule has 0 saturated heterocycles. The van der Waals surface area contributed by atoms with Gasteiger partial charge in [-0.2, -0.15) is 0 Å². The maximum absolute atomic E-state index is 5.85.